The molecule has 0 aliphatic carbocycles. The molecule has 3 rings (SSSR count). The van der Waals surface area contributed by atoms with E-state index in [-0.39, 0.29) is 5.41 Å². The first-order valence-electron chi connectivity index (χ1n) is 9.15. The molecule has 23 heavy (non-hydrogen) atoms. The van der Waals surface area contributed by atoms with Crippen molar-refractivity contribution in [1.29, 1.82) is 0 Å². The molecule has 3 atom stereocenters. The van der Waals surface area contributed by atoms with Crippen molar-refractivity contribution in [2.24, 2.45) is 5.41 Å². The Bertz CT molecular complexity index is 514. The van der Waals surface area contributed by atoms with E-state index in [4.69, 9.17) is 0 Å². The quantitative estimate of drug-likeness (QED) is 0.928. The van der Waals surface area contributed by atoms with Crippen molar-refractivity contribution in [2.75, 3.05) is 33.2 Å². The molecule has 0 aromatic heterocycles. The van der Waals surface area contributed by atoms with Crippen LogP contribution in [0.2, 0.25) is 0 Å². The molecule has 2 aliphatic heterocycles. The molecule has 2 saturated heterocycles. The van der Waals surface area contributed by atoms with Crippen molar-refractivity contribution in [2.45, 2.75) is 51.2 Å². The summed E-state index contributed by atoms with van der Waals surface area (Å²) in [6, 6.07) is 10.7. The molecular formula is C20H32N2O. The topological polar surface area (TPSA) is 26.7 Å². The minimum atomic E-state index is -0.752. The van der Waals surface area contributed by atoms with Gasteiger partial charge in [0.2, 0.25) is 0 Å². The van der Waals surface area contributed by atoms with Crippen LogP contribution in [0.5, 0.6) is 0 Å². The fourth-order valence-corrected chi connectivity index (χ4v) is 4.64. The van der Waals surface area contributed by atoms with E-state index in [2.05, 4.69) is 55.0 Å². The lowest BCUT2D eigenvalue weighted by Gasteiger charge is -2.55. The van der Waals surface area contributed by atoms with E-state index in [1.807, 2.05) is 6.07 Å². The van der Waals surface area contributed by atoms with E-state index >= 15 is 0 Å². The third-order valence-corrected chi connectivity index (χ3v) is 6.21. The third kappa shape index (κ3) is 3.19. The van der Waals surface area contributed by atoms with Gasteiger partial charge in [-0.1, -0.05) is 43.7 Å². The van der Waals surface area contributed by atoms with Crippen molar-refractivity contribution in [3.05, 3.63) is 35.9 Å². The van der Waals surface area contributed by atoms with Crippen LogP contribution in [-0.2, 0) is 5.60 Å². The Kier molecular flexibility index (Phi) is 4.82. The number of likely N-dealkylation sites (tertiary alicyclic amines) is 2. The monoisotopic (exact) mass is 316 g/mol. The summed E-state index contributed by atoms with van der Waals surface area (Å²) in [4.78, 5) is 4.99. The molecule has 1 aromatic carbocycles. The lowest BCUT2D eigenvalue weighted by molar-refractivity contribution is -0.155. The summed E-state index contributed by atoms with van der Waals surface area (Å²) >= 11 is 0. The summed E-state index contributed by atoms with van der Waals surface area (Å²) in [6.45, 7) is 8.80. The van der Waals surface area contributed by atoms with Gasteiger partial charge in [0.25, 0.3) is 0 Å². The first-order chi connectivity index (χ1) is 10.9. The van der Waals surface area contributed by atoms with Gasteiger partial charge < -0.3 is 14.9 Å². The summed E-state index contributed by atoms with van der Waals surface area (Å²) < 4.78 is 0. The smallest absolute Gasteiger partial charge is 0.0989 e. The van der Waals surface area contributed by atoms with Gasteiger partial charge in [-0.15, -0.1) is 0 Å². The van der Waals surface area contributed by atoms with Crippen LogP contribution in [0, 0.1) is 5.41 Å². The van der Waals surface area contributed by atoms with E-state index < -0.39 is 5.60 Å². The highest BCUT2D eigenvalue weighted by molar-refractivity contribution is 5.27. The highest BCUT2D eigenvalue weighted by Crippen LogP contribution is 2.48. The fraction of sp³-hybridized carbons (Fsp3) is 0.700. The highest BCUT2D eigenvalue weighted by Gasteiger charge is 2.53. The Morgan fingerprint density at radius 2 is 1.78 bits per heavy atom. The van der Waals surface area contributed by atoms with Gasteiger partial charge in [0.15, 0.2) is 0 Å². The van der Waals surface area contributed by atoms with Gasteiger partial charge >= 0.3 is 0 Å². The lowest BCUT2D eigenvalue weighted by Crippen LogP contribution is -2.62. The van der Waals surface area contributed by atoms with Gasteiger partial charge in [0.05, 0.1) is 5.60 Å². The van der Waals surface area contributed by atoms with E-state index in [0.29, 0.717) is 6.04 Å². The average Bonchev–Trinajstić information content (AvgIpc) is 2.55. The van der Waals surface area contributed by atoms with Crippen LogP contribution in [0.3, 0.4) is 0 Å². The molecule has 3 nitrogen and oxygen atoms in total. The zero-order valence-corrected chi connectivity index (χ0v) is 15.0. The standard InChI is InChI=1S/C20H32N2O/c1-17-14-20(23,18-10-6-4-7-11-18)19(2,15-21(17)3)16-22-12-8-5-9-13-22/h4,6-7,10-11,17,23H,5,8-9,12-16H2,1-3H3. The van der Waals surface area contributed by atoms with Gasteiger partial charge in [-0.25, -0.2) is 0 Å². The number of benzene rings is 1. The number of aliphatic hydroxyl groups is 1. The summed E-state index contributed by atoms with van der Waals surface area (Å²) in [6.07, 6.45) is 4.75. The molecule has 3 heteroatoms. The third-order valence-electron chi connectivity index (χ3n) is 6.21. The van der Waals surface area contributed by atoms with Crippen molar-refractivity contribution in [3.63, 3.8) is 0 Å². The molecule has 2 aliphatic rings. The molecule has 2 fully saturated rings. The first kappa shape index (κ1) is 16.9. The average molecular weight is 316 g/mol. The first-order valence-corrected chi connectivity index (χ1v) is 9.15. The van der Waals surface area contributed by atoms with Crippen molar-refractivity contribution < 1.29 is 5.11 Å². The Labute approximate surface area is 141 Å². The summed E-state index contributed by atoms with van der Waals surface area (Å²) in [5, 5.41) is 11.8. The molecule has 2 heterocycles. The Morgan fingerprint density at radius 1 is 1.13 bits per heavy atom. The molecule has 1 N–H and O–H groups in total. The van der Waals surface area contributed by atoms with E-state index in [9.17, 15) is 5.11 Å². The molecular weight excluding hydrogens is 284 g/mol. The molecule has 0 radical (unpaired) electrons. The maximum atomic E-state index is 11.8. The minimum Gasteiger partial charge on any atom is -0.384 e. The van der Waals surface area contributed by atoms with Crippen LogP contribution in [0.4, 0.5) is 0 Å². The molecule has 128 valence electrons. The summed E-state index contributed by atoms with van der Waals surface area (Å²) in [5.74, 6) is 0. The van der Waals surface area contributed by atoms with Gasteiger partial charge in [0.1, 0.15) is 0 Å². The van der Waals surface area contributed by atoms with Crippen LogP contribution >= 0.6 is 0 Å². The SMILES string of the molecule is CC1CC(O)(c2ccccc2)C(C)(CN2CCCCC2)CN1C. The fourth-order valence-electron chi connectivity index (χ4n) is 4.64. The highest BCUT2D eigenvalue weighted by atomic mass is 16.3. The van der Waals surface area contributed by atoms with Crippen LogP contribution in [-0.4, -0.2) is 54.2 Å². The second kappa shape index (κ2) is 6.54. The normalized spacial score (nSPS) is 37.0. The van der Waals surface area contributed by atoms with Crippen LogP contribution in [0.25, 0.3) is 0 Å². The number of rotatable bonds is 3. The molecule has 0 bridgehead atoms. The van der Waals surface area contributed by atoms with E-state index in [1.54, 1.807) is 0 Å². The van der Waals surface area contributed by atoms with Gasteiger partial charge in [-0.3, -0.25) is 0 Å². The second-order valence-corrected chi connectivity index (χ2v) is 8.09. The molecule has 0 saturated carbocycles. The van der Waals surface area contributed by atoms with Crippen molar-refractivity contribution >= 4 is 0 Å². The number of piperidine rings is 2. The summed E-state index contributed by atoms with van der Waals surface area (Å²) in [5.41, 5.74) is 0.185. The van der Waals surface area contributed by atoms with E-state index in [1.165, 1.54) is 32.4 Å². The predicted octanol–water partition coefficient (Wildman–Crippen LogP) is 3.09. The predicted molar refractivity (Wildman–Crippen MR) is 95.4 cm³/mol. The summed E-state index contributed by atoms with van der Waals surface area (Å²) in [7, 11) is 2.20. The maximum absolute atomic E-state index is 11.8. The minimum absolute atomic E-state index is 0.146. The van der Waals surface area contributed by atoms with Gasteiger partial charge in [-0.2, -0.15) is 0 Å². The molecule has 0 spiro atoms. The molecule has 0 amide bonds. The Hall–Kier alpha value is -0.900. The Morgan fingerprint density at radius 3 is 2.43 bits per heavy atom. The Balaban J connectivity index is 1.92. The molecule has 3 unspecified atom stereocenters. The number of hydrogen-bond acceptors (Lipinski definition) is 3. The number of hydrogen-bond donors (Lipinski definition) is 1. The van der Waals surface area contributed by atoms with Crippen molar-refractivity contribution in [3.8, 4) is 0 Å². The maximum Gasteiger partial charge on any atom is 0.0989 e. The van der Waals surface area contributed by atoms with Crippen LogP contribution in [0.15, 0.2) is 30.3 Å². The van der Waals surface area contributed by atoms with Gasteiger partial charge in [0, 0.05) is 24.5 Å². The van der Waals surface area contributed by atoms with Crippen LogP contribution < -0.4 is 0 Å². The molecule has 1 aromatic rings. The van der Waals surface area contributed by atoms with Gasteiger partial charge in [-0.05, 0) is 51.9 Å². The number of nitrogens with zero attached hydrogens (tertiary/aromatic N) is 2. The zero-order chi connectivity index (χ0) is 16.5. The lowest BCUT2D eigenvalue weighted by atomic mass is 9.63. The van der Waals surface area contributed by atoms with Crippen LogP contribution in [0.1, 0.15) is 45.1 Å². The zero-order valence-electron chi connectivity index (χ0n) is 15.0. The second-order valence-electron chi connectivity index (χ2n) is 8.09. The largest absolute Gasteiger partial charge is 0.384 e. The van der Waals surface area contributed by atoms with Crippen molar-refractivity contribution in [1.82, 2.24) is 9.80 Å². The van der Waals surface area contributed by atoms with E-state index in [0.717, 1.165) is 25.1 Å².